The Bertz CT molecular complexity index is 737. The van der Waals surface area contributed by atoms with Crippen LogP contribution in [0.3, 0.4) is 0 Å². The lowest BCUT2D eigenvalue weighted by Crippen LogP contribution is -2.10. The van der Waals surface area contributed by atoms with Crippen LogP contribution in [0.1, 0.15) is 24.5 Å². The van der Waals surface area contributed by atoms with Gasteiger partial charge in [0, 0.05) is 11.8 Å². The lowest BCUT2D eigenvalue weighted by atomic mass is 10.2. The fraction of sp³-hybridized carbons (Fsp3) is 0.211. The van der Waals surface area contributed by atoms with E-state index in [0.29, 0.717) is 6.61 Å². The van der Waals surface area contributed by atoms with Crippen molar-refractivity contribution < 1.29 is 22.7 Å². The number of carbonyl (C=O) groups is 1. The Labute approximate surface area is 144 Å². The normalized spacial score (nSPS) is 11.5. The van der Waals surface area contributed by atoms with Crippen LogP contribution >= 0.6 is 0 Å². The molecule has 2 rings (SSSR count). The molecule has 0 saturated heterocycles. The Morgan fingerprint density at radius 2 is 1.88 bits per heavy atom. The first-order valence-corrected chi connectivity index (χ1v) is 7.77. The number of nitrogens with one attached hydrogen (secondary N) is 1. The van der Waals surface area contributed by atoms with Gasteiger partial charge < -0.3 is 10.1 Å². The highest BCUT2D eigenvalue weighted by Gasteiger charge is 2.30. The van der Waals surface area contributed by atoms with Crippen LogP contribution in [-0.4, -0.2) is 12.5 Å². The summed E-state index contributed by atoms with van der Waals surface area (Å²) < 4.78 is 43.4. The molecular formula is C19H18F3NO2. The summed E-state index contributed by atoms with van der Waals surface area (Å²) in [6, 6.07) is 11.7. The Kier molecular flexibility index (Phi) is 6.22. The van der Waals surface area contributed by atoms with Crippen LogP contribution in [0.4, 0.5) is 18.9 Å². The van der Waals surface area contributed by atoms with Gasteiger partial charge in [0.05, 0.1) is 12.2 Å². The van der Waals surface area contributed by atoms with Gasteiger partial charge in [-0.1, -0.05) is 25.1 Å². The number of halogens is 3. The van der Waals surface area contributed by atoms with Crippen molar-refractivity contribution in [2.24, 2.45) is 0 Å². The molecule has 0 unspecified atom stereocenters. The van der Waals surface area contributed by atoms with E-state index in [2.05, 4.69) is 5.32 Å². The molecule has 0 heterocycles. The number of ether oxygens (including phenoxy) is 1. The number of anilines is 1. The second-order valence-electron chi connectivity index (χ2n) is 5.32. The van der Waals surface area contributed by atoms with E-state index in [0.717, 1.165) is 29.9 Å². The Morgan fingerprint density at radius 1 is 1.16 bits per heavy atom. The molecule has 0 atom stereocenters. The van der Waals surface area contributed by atoms with E-state index in [1.807, 2.05) is 6.92 Å². The predicted molar refractivity (Wildman–Crippen MR) is 91.3 cm³/mol. The molecule has 1 N–H and O–H groups in total. The van der Waals surface area contributed by atoms with Gasteiger partial charge in [-0.2, -0.15) is 13.2 Å². The molecule has 0 fully saturated rings. The van der Waals surface area contributed by atoms with Gasteiger partial charge in [0.2, 0.25) is 5.91 Å². The first-order chi connectivity index (χ1) is 11.9. The van der Waals surface area contributed by atoms with Crippen LogP contribution < -0.4 is 10.1 Å². The zero-order valence-electron chi connectivity index (χ0n) is 13.6. The minimum absolute atomic E-state index is 0.0905. The molecule has 0 aliphatic carbocycles. The van der Waals surface area contributed by atoms with E-state index >= 15 is 0 Å². The summed E-state index contributed by atoms with van der Waals surface area (Å²) in [5.41, 5.74) is 0.0628. The smallest absolute Gasteiger partial charge is 0.416 e. The van der Waals surface area contributed by atoms with E-state index in [-0.39, 0.29) is 5.69 Å². The van der Waals surface area contributed by atoms with Gasteiger partial charge >= 0.3 is 6.18 Å². The largest absolute Gasteiger partial charge is 0.494 e. The zero-order valence-corrected chi connectivity index (χ0v) is 13.6. The summed E-state index contributed by atoms with van der Waals surface area (Å²) in [6.45, 7) is 2.65. The van der Waals surface area contributed by atoms with E-state index in [1.54, 1.807) is 30.3 Å². The second kappa shape index (κ2) is 8.37. The zero-order chi connectivity index (χ0) is 18.3. The van der Waals surface area contributed by atoms with Crippen LogP contribution in [0.25, 0.3) is 6.08 Å². The van der Waals surface area contributed by atoms with Crippen LogP contribution in [0.5, 0.6) is 5.75 Å². The molecule has 132 valence electrons. The highest BCUT2D eigenvalue weighted by molar-refractivity contribution is 6.01. The third-order valence-electron chi connectivity index (χ3n) is 3.24. The minimum atomic E-state index is -4.45. The van der Waals surface area contributed by atoms with Crippen LogP contribution in [0.15, 0.2) is 54.6 Å². The molecule has 6 heteroatoms. The van der Waals surface area contributed by atoms with Gasteiger partial charge in [-0.05, 0) is 48.4 Å². The summed E-state index contributed by atoms with van der Waals surface area (Å²) in [7, 11) is 0. The number of alkyl halides is 3. The van der Waals surface area contributed by atoms with Gasteiger partial charge in [-0.3, -0.25) is 4.79 Å². The quantitative estimate of drug-likeness (QED) is 0.733. The first-order valence-electron chi connectivity index (χ1n) is 7.77. The van der Waals surface area contributed by atoms with Crippen molar-refractivity contribution in [1.29, 1.82) is 0 Å². The van der Waals surface area contributed by atoms with Crippen molar-refractivity contribution in [2.75, 3.05) is 11.9 Å². The number of hydrogen-bond acceptors (Lipinski definition) is 2. The molecule has 0 bridgehead atoms. The number of amides is 1. The second-order valence-corrected chi connectivity index (χ2v) is 5.32. The lowest BCUT2D eigenvalue weighted by molar-refractivity contribution is -0.137. The molecule has 2 aromatic rings. The van der Waals surface area contributed by atoms with Gasteiger partial charge in [0.25, 0.3) is 0 Å². The molecule has 25 heavy (non-hydrogen) atoms. The number of benzene rings is 2. The molecular weight excluding hydrogens is 331 g/mol. The average molecular weight is 349 g/mol. The highest BCUT2D eigenvalue weighted by atomic mass is 19.4. The molecule has 0 aromatic heterocycles. The average Bonchev–Trinajstić information content (AvgIpc) is 2.58. The minimum Gasteiger partial charge on any atom is -0.494 e. The van der Waals surface area contributed by atoms with Crippen molar-refractivity contribution in [2.45, 2.75) is 19.5 Å². The van der Waals surface area contributed by atoms with E-state index < -0.39 is 17.6 Å². The Hall–Kier alpha value is -2.76. The van der Waals surface area contributed by atoms with E-state index in [1.165, 1.54) is 18.2 Å². The number of hydrogen-bond donors (Lipinski definition) is 1. The van der Waals surface area contributed by atoms with Crippen LogP contribution in [0, 0.1) is 0 Å². The van der Waals surface area contributed by atoms with Gasteiger partial charge in [-0.15, -0.1) is 0 Å². The molecule has 0 spiro atoms. The Morgan fingerprint density at radius 3 is 2.52 bits per heavy atom. The standard InChI is InChI=1S/C19H18F3NO2/c1-2-12-25-17-9-6-14(7-10-17)8-11-18(24)23-16-5-3-4-15(13-16)19(20,21)22/h3-11,13H,2,12H2,1H3,(H,23,24)/b11-8+. The van der Waals surface area contributed by atoms with Crippen molar-refractivity contribution in [1.82, 2.24) is 0 Å². The van der Waals surface area contributed by atoms with Crippen LogP contribution in [0.2, 0.25) is 0 Å². The molecule has 0 aliphatic heterocycles. The predicted octanol–water partition coefficient (Wildman–Crippen LogP) is 5.15. The van der Waals surface area contributed by atoms with Crippen molar-refractivity contribution in [3.8, 4) is 5.75 Å². The summed E-state index contributed by atoms with van der Waals surface area (Å²) in [5.74, 6) is 0.234. The topological polar surface area (TPSA) is 38.3 Å². The van der Waals surface area contributed by atoms with E-state index in [4.69, 9.17) is 4.74 Å². The molecule has 3 nitrogen and oxygen atoms in total. The molecule has 2 aromatic carbocycles. The molecule has 1 amide bonds. The van der Waals surface area contributed by atoms with Gasteiger partial charge in [0.1, 0.15) is 5.75 Å². The highest BCUT2D eigenvalue weighted by Crippen LogP contribution is 2.30. The van der Waals surface area contributed by atoms with E-state index in [9.17, 15) is 18.0 Å². The van der Waals surface area contributed by atoms with Gasteiger partial charge in [-0.25, -0.2) is 0 Å². The fourth-order valence-corrected chi connectivity index (χ4v) is 2.02. The van der Waals surface area contributed by atoms with Crippen molar-refractivity contribution >= 4 is 17.7 Å². The maximum Gasteiger partial charge on any atom is 0.416 e. The third-order valence-corrected chi connectivity index (χ3v) is 3.24. The summed E-state index contributed by atoms with van der Waals surface area (Å²) >= 11 is 0. The maximum atomic E-state index is 12.6. The maximum absolute atomic E-state index is 12.6. The molecule has 0 saturated carbocycles. The Balaban J connectivity index is 1.97. The van der Waals surface area contributed by atoms with Crippen molar-refractivity contribution in [3.63, 3.8) is 0 Å². The summed E-state index contributed by atoms with van der Waals surface area (Å²) in [4.78, 5) is 11.9. The number of carbonyl (C=O) groups excluding carboxylic acids is 1. The monoisotopic (exact) mass is 349 g/mol. The summed E-state index contributed by atoms with van der Waals surface area (Å²) in [5, 5.41) is 2.41. The van der Waals surface area contributed by atoms with Crippen molar-refractivity contribution in [3.05, 3.63) is 65.7 Å². The third kappa shape index (κ3) is 5.99. The first kappa shape index (κ1) is 18.6. The molecule has 0 radical (unpaired) electrons. The lowest BCUT2D eigenvalue weighted by Gasteiger charge is -2.08. The SMILES string of the molecule is CCCOc1ccc(/C=C/C(=O)Nc2cccc(C(F)(F)F)c2)cc1. The summed E-state index contributed by atoms with van der Waals surface area (Å²) in [6.07, 6.45) is -0.690. The number of rotatable bonds is 6. The van der Waals surface area contributed by atoms with Gasteiger partial charge in [0.15, 0.2) is 0 Å². The van der Waals surface area contributed by atoms with Crippen LogP contribution in [-0.2, 0) is 11.0 Å². The molecule has 0 aliphatic rings. The fourth-order valence-electron chi connectivity index (χ4n) is 2.02.